The van der Waals surface area contributed by atoms with Gasteiger partial charge in [0.15, 0.2) is 0 Å². The summed E-state index contributed by atoms with van der Waals surface area (Å²) in [5.74, 6) is -1.58. The van der Waals surface area contributed by atoms with Gasteiger partial charge in [-0.3, -0.25) is 4.79 Å². The Kier molecular flexibility index (Phi) is 6.23. The van der Waals surface area contributed by atoms with Gasteiger partial charge in [0.1, 0.15) is 18.2 Å². The monoisotopic (exact) mass is 478 g/mol. The largest absolute Gasteiger partial charge is 0.480 e. The fourth-order valence-electron chi connectivity index (χ4n) is 5.67. The first-order valence-corrected chi connectivity index (χ1v) is 12.2. The third-order valence-corrected chi connectivity index (χ3v) is 7.68. The number of benzene rings is 2. The molecule has 2 N–H and O–H groups in total. The maximum atomic E-state index is 13.1. The predicted octanol–water partition coefficient (Wildman–Crippen LogP) is 3.40. The van der Waals surface area contributed by atoms with Gasteiger partial charge < -0.3 is 24.8 Å². The van der Waals surface area contributed by atoms with E-state index in [1.807, 2.05) is 24.3 Å². The van der Waals surface area contributed by atoms with Gasteiger partial charge in [-0.15, -0.1) is 0 Å². The maximum absolute atomic E-state index is 13.1. The summed E-state index contributed by atoms with van der Waals surface area (Å²) in [5, 5.41) is 12.4. The molecule has 2 aromatic carbocycles. The molecule has 3 atom stereocenters. The van der Waals surface area contributed by atoms with E-state index >= 15 is 0 Å². The number of hydrogen-bond acceptors (Lipinski definition) is 5. The van der Waals surface area contributed by atoms with E-state index in [9.17, 15) is 19.5 Å². The van der Waals surface area contributed by atoms with Crippen molar-refractivity contribution in [3.63, 3.8) is 0 Å². The molecule has 5 rings (SSSR count). The van der Waals surface area contributed by atoms with Crippen molar-refractivity contribution in [2.24, 2.45) is 5.92 Å². The number of aliphatic carboxylic acids is 1. The molecule has 2 saturated heterocycles. The Morgan fingerprint density at radius 2 is 1.77 bits per heavy atom. The Labute approximate surface area is 204 Å². The highest BCUT2D eigenvalue weighted by Crippen LogP contribution is 2.44. The lowest BCUT2D eigenvalue weighted by Crippen LogP contribution is -2.55. The molecule has 2 fully saturated rings. The minimum absolute atomic E-state index is 0.0267. The van der Waals surface area contributed by atoms with Gasteiger partial charge in [-0.1, -0.05) is 48.5 Å². The average molecular weight is 479 g/mol. The number of alkyl carbamates (subject to hydrolysis) is 1. The van der Waals surface area contributed by atoms with E-state index in [-0.39, 0.29) is 30.9 Å². The topological polar surface area (TPSA) is 105 Å². The molecule has 0 radical (unpaired) electrons. The number of carbonyl (C=O) groups is 3. The van der Waals surface area contributed by atoms with Crippen LogP contribution in [0.5, 0.6) is 0 Å². The third kappa shape index (κ3) is 4.16. The van der Waals surface area contributed by atoms with Gasteiger partial charge in [0, 0.05) is 31.5 Å². The Balaban J connectivity index is 1.18. The number of carbonyl (C=O) groups excluding carboxylic acids is 2. The Hall–Kier alpha value is -3.39. The summed E-state index contributed by atoms with van der Waals surface area (Å²) in [6.07, 6.45) is 0.368. The average Bonchev–Trinajstić information content (AvgIpc) is 3.57. The molecule has 8 heteroatoms. The normalized spacial score (nSPS) is 25.2. The molecule has 1 aliphatic carbocycles. The SMILES string of the molecule is C[C@]1(C(=O)O)CCCN1C(=O)[C@H]1OCC[C@H]1CNC(=O)OCC1c2ccccc2-c2ccccc21. The fraction of sp³-hybridized carbons (Fsp3) is 0.444. The van der Waals surface area contributed by atoms with E-state index in [0.29, 0.717) is 32.4 Å². The Morgan fingerprint density at radius 1 is 1.11 bits per heavy atom. The second-order valence-corrected chi connectivity index (χ2v) is 9.72. The van der Waals surface area contributed by atoms with Crippen LogP contribution in [0.3, 0.4) is 0 Å². The molecule has 2 aliphatic heterocycles. The number of carboxylic acids is 1. The molecular formula is C27H30N2O6. The quantitative estimate of drug-likeness (QED) is 0.659. The van der Waals surface area contributed by atoms with Gasteiger partial charge in [0.05, 0.1) is 0 Å². The summed E-state index contributed by atoms with van der Waals surface area (Å²) >= 11 is 0. The van der Waals surface area contributed by atoms with Gasteiger partial charge in [-0.25, -0.2) is 9.59 Å². The van der Waals surface area contributed by atoms with Crippen LogP contribution in [-0.4, -0.2) is 65.9 Å². The first kappa shape index (κ1) is 23.4. The molecular weight excluding hydrogens is 448 g/mol. The molecule has 8 nitrogen and oxygen atoms in total. The van der Waals surface area contributed by atoms with Gasteiger partial charge in [-0.2, -0.15) is 0 Å². The van der Waals surface area contributed by atoms with E-state index < -0.39 is 23.7 Å². The second kappa shape index (κ2) is 9.34. The molecule has 0 aromatic heterocycles. The lowest BCUT2D eigenvalue weighted by Gasteiger charge is -2.34. The van der Waals surface area contributed by atoms with Crippen LogP contribution in [-0.2, 0) is 19.1 Å². The van der Waals surface area contributed by atoms with Crippen molar-refractivity contribution in [3.05, 3.63) is 59.7 Å². The van der Waals surface area contributed by atoms with E-state index in [4.69, 9.17) is 9.47 Å². The van der Waals surface area contributed by atoms with Crippen molar-refractivity contribution in [3.8, 4) is 11.1 Å². The van der Waals surface area contributed by atoms with Crippen LogP contribution in [0.15, 0.2) is 48.5 Å². The molecule has 35 heavy (non-hydrogen) atoms. The molecule has 0 unspecified atom stereocenters. The van der Waals surface area contributed by atoms with Crippen molar-refractivity contribution >= 4 is 18.0 Å². The zero-order valence-electron chi connectivity index (χ0n) is 19.7. The summed E-state index contributed by atoms with van der Waals surface area (Å²) in [4.78, 5) is 38.9. The Bertz CT molecular complexity index is 1100. The molecule has 0 spiro atoms. The molecule has 2 heterocycles. The number of nitrogens with zero attached hydrogens (tertiary/aromatic N) is 1. The van der Waals surface area contributed by atoms with Crippen molar-refractivity contribution in [1.82, 2.24) is 10.2 Å². The molecule has 0 saturated carbocycles. The number of nitrogens with one attached hydrogen (secondary N) is 1. The summed E-state index contributed by atoms with van der Waals surface area (Å²) in [7, 11) is 0. The van der Waals surface area contributed by atoms with E-state index in [0.717, 1.165) is 22.3 Å². The van der Waals surface area contributed by atoms with Crippen molar-refractivity contribution in [2.75, 3.05) is 26.3 Å². The van der Waals surface area contributed by atoms with Crippen LogP contribution < -0.4 is 5.32 Å². The van der Waals surface area contributed by atoms with Crippen LogP contribution in [0.4, 0.5) is 4.79 Å². The lowest BCUT2D eigenvalue weighted by molar-refractivity contribution is -0.160. The molecule has 3 aliphatic rings. The number of ether oxygens (including phenoxy) is 2. The highest BCUT2D eigenvalue weighted by Gasteiger charge is 2.49. The summed E-state index contributed by atoms with van der Waals surface area (Å²) in [6, 6.07) is 16.3. The molecule has 184 valence electrons. The minimum Gasteiger partial charge on any atom is -0.480 e. The predicted molar refractivity (Wildman–Crippen MR) is 128 cm³/mol. The first-order chi connectivity index (χ1) is 16.9. The van der Waals surface area contributed by atoms with Gasteiger partial charge >= 0.3 is 12.1 Å². The number of fused-ring (bicyclic) bond motifs is 3. The first-order valence-electron chi connectivity index (χ1n) is 12.2. The summed E-state index contributed by atoms with van der Waals surface area (Å²) in [5.41, 5.74) is 3.40. The maximum Gasteiger partial charge on any atom is 0.407 e. The molecule has 2 aromatic rings. The Morgan fingerprint density at radius 3 is 2.43 bits per heavy atom. The minimum atomic E-state index is -1.21. The van der Waals surface area contributed by atoms with E-state index in [1.165, 1.54) is 4.90 Å². The zero-order valence-corrected chi connectivity index (χ0v) is 19.7. The number of amides is 2. The van der Waals surface area contributed by atoms with Gasteiger partial charge in [0.2, 0.25) is 0 Å². The highest BCUT2D eigenvalue weighted by molar-refractivity contribution is 5.90. The van der Waals surface area contributed by atoms with Crippen LogP contribution in [0.25, 0.3) is 11.1 Å². The smallest absolute Gasteiger partial charge is 0.407 e. The van der Waals surface area contributed by atoms with Crippen molar-refractivity contribution in [2.45, 2.75) is 43.7 Å². The van der Waals surface area contributed by atoms with Crippen LogP contribution in [0.2, 0.25) is 0 Å². The third-order valence-electron chi connectivity index (χ3n) is 7.68. The van der Waals surface area contributed by atoms with Crippen molar-refractivity contribution in [1.29, 1.82) is 0 Å². The van der Waals surface area contributed by atoms with Gasteiger partial charge in [0.25, 0.3) is 5.91 Å². The fourth-order valence-corrected chi connectivity index (χ4v) is 5.67. The van der Waals surface area contributed by atoms with E-state index in [2.05, 4.69) is 29.6 Å². The second-order valence-electron chi connectivity index (χ2n) is 9.72. The molecule has 0 bridgehead atoms. The van der Waals surface area contributed by atoms with Crippen molar-refractivity contribution < 1.29 is 29.0 Å². The summed E-state index contributed by atoms with van der Waals surface area (Å²) in [6.45, 7) is 2.82. The van der Waals surface area contributed by atoms with Crippen LogP contribution in [0, 0.1) is 5.92 Å². The lowest BCUT2D eigenvalue weighted by atomic mass is 9.96. The number of hydrogen-bond donors (Lipinski definition) is 2. The number of likely N-dealkylation sites (tertiary alicyclic amines) is 1. The van der Waals surface area contributed by atoms with Crippen LogP contribution >= 0.6 is 0 Å². The standard InChI is InChI=1S/C27H30N2O6/c1-27(25(31)32)12-6-13-29(27)24(30)23-17(11-14-34-23)15-28-26(33)35-16-22-20-9-4-2-7-18(20)19-8-3-5-10-21(19)22/h2-5,7-10,17,22-23H,6,11-16H2,1H3,(H,28,33)(H,31,32)/t17-,23-,27+/m0/s1. The summed E-state index contributed by atoms with van der Waals surface area (Å²) < 4.78 is 11.3. The molecule has 2 amide bonds. The number of rotatable bonds is 6. The number of carboxylic acid groups (broad SMARTS) is 1. The van der Waals surface area contributed by atoms with Crippen LogP contribution in [0.1, 0.15) is 43.2 Å². The highest BCUT2D eigenvalue weighted by atomic mass is 16.5. The van der Waals surface area contributed by atoms with E-state index in [1.54, 1.807) is 6.92 Å². The zero-order chi connectivity index (χ0) is 24.6. The van der Waals surface area contributed by atoms with Gasteiger partial charge in [-0.05, 0) is 48.4 Å².